The van der Waals surface area contributed by atoms with Crippen LogP contribution in [0.2, 0.25) is 0 Å². The molecule has 0 bridgehead atoms. The molecule has 2 heteroatoms. The zero-order chi connectivity index (χ0) is 7.56. The predicted octanol–water partition coefficient (Wildman–Crippen LogP) is 0.614. The van der Waals surface area contributed by atoms with Crippen molar-refractivity contribution in [2.45, 2.75) is 25.0 Å². The molecule has 2 atom stereocenters. The first-order valence-electron chi connectivity index (χ1n) is 3.43. The lowest BCUT2D eigenvalue weighted by Crippen LogP contribution is -2.27. The summed E-state index contributed by atoms with van der Waals surface area (Å²) in [7, 11) is 0. The molecule has 2 N–H and O–H groups in total. The summed E-state index contributed by atoms with van der Waals surface area (Å²) < 4.78 is 0. The summed E-state index contributed by atoms with van der Waals surface area (Å²) in [6, 6.07) is 0. The van der Waals surface area contributed by atoms with E-state index in [4.69, 9.17) is 10.2 Å². The Hall–Kier alpha value is -0.600. The van der Waals surface area contributed by atoms with Crippen LogP contribution in [0.15, 0.2) is 24.3 Å². The van der Waals surface area contributed by atoms with Crippen LogP contribution in [0.25, 0.3) is 0 Å². The lowest BCUT2D eigenvalue weighted by atomic mass is 9.95. The summed E-state index contributed by atoms with van der Waals surface area (Å²) in [6.07, 6.45) is 3.56. The first-order chi connectivity index (χ1) is 4.74. The maximum atomic E-state index is 9.11. The van der Waals surface area contributed by atoms with Gasteiger partial charge in [0.15, 0.2) is 0 Å². The van der Waals surface area contributed by atoms with Crippen LogP contribution in [0.4, 0.5) is 0 Å². The highest BCUT2D eigenvalue weighted by Crippen LogP contribution is 2.18. The predicted molar refractivity (Wildman–Crippen MR) is 39.5 cm³/mol. The van der Waals surface area contributed by atoms with E-state index in [1.165, 1.54) is 0 Å². The standard InChI is InChI=1S/C8H12O2/c1-2-6-3-4-7(9)8(10)5-6/h2,5,7-10H,1,3-4H2. The highest BCUT2D eigenvalue weighted by atomic mass is 16.3. The van der Waals surface area contributed by atoms with Crippen molar-refractivity contribution in [3.05, 3.63) is 24.3 Å². The van der Waals surface area contributed by atoms with Gasteiger partial charge in [-0.25, -0.2) is 0 Å². The van der Waals surface area contributed by atoms with Crippen molar-refractivity contribution in [1.29, 1.82) is 0 Å². The van der Waals surface area contributed by atoms with Gasteiger partial charge in [0.2, 0.25) is 0 Å². The van der Waals surface area contributed by atoms with Crippen molar-refractivity contribution in [2.24, 2.45) is 0 Å². The molecule has 2 unspecified atom stereocenters. The number of aliphatic hydroxyl groups is 2. The van der Waals surface area contributed by atoms with Gasteiger partial charge < -0.3 is 10.2 Å². The summed E-state index contributed by atoms with van der Waals surface area (Å²) in [5.41, 5.74) is 1.03. The van der Waals surface area contributed by atoms with Crippen molar-refractivity contribution in [3.8, 4) is 0 Å². The summed E-state index contributed by atoms with van der Waals surface area (Å²) >= 11 is 0. The fourth-order valence-electron chi connectivity index (χ4n) is 1.07. The number of hydrogen-bond acceptors (Lipinski definition) is 2. The smallest absolute Gasteiger partial charge is 0.0985 e. The van der Waals surface area contributed by atoms with Gasteiger partial charge in [-0.2, -0.15) is 0 Å². The average molecular weight is 140 g/mol. The fraction of sp³-hybridized carbons (Fsp3) is 0.500. The molecular weight excluding hydrogens is 128 g/mol. The third-order valence-corrected chi connectivity index (χ3v) is 1.77. The third kappa shape index (κ3) is 1.46. The lowest BCUT2D eigenvalue weighted by Gasteiger charge is -2.20. The maximum absolute atomic E-state index is 9.11. The number of hydrogen-bond donors (Lipinski definition) is 2. The molecule has 0 amide bonds. The molecule has 1 aliphatic rings. The van der Waals surface area contributed by atoms with Crippen LogP contribution in [-0.4, -0.2) is 22.4 Å². The molecule has 0 aromatic rings. The van der Waals surface area contributed by atoms with E-state index in [2.05, 4.69) is 6.58 Å². The first kappa shape index (κ1) is 7.51. The van der Waals surface area contributed by atoms with Crippen molar-refractivity contribution in [2.75, 3.05) is 0 Å². The highest BCUT2D eigenvalue weighted by Gasteiger charge is 2.18. The second-order valence-electron chi connectivity index (χ2n) is 2.54. The summed E-state index contributed by atoms with van der Waals surface area (Å²) in [4.78, 5) is 0. The molecule has 56 valence electrons. The molecule has 1 rings (SSSR count). The molecular formula is C8H12O2. The number of rotatable bonds is 1. The molecule has 0 aliphatic heterocycles. The molecule has 0 heterocycles. The summed E-state index contributed by atoms with van der Waals surface area (Å²) in [5, 5.41) is 18.2. The maximum Gasteiger partial charge on any atom is 0.0985 e. The molecule has 0 radical (unpaired) electrons. The summed E-state index contributed by atoms with van der Waals surface area (Å²) in [6.45, 7) is 3.58. The van der Waals surface area contributed by atoms with Gasteiger partial charge in [-0.1, -0.05) is 18.7 Å². The lowest BCUT2D eigenvalue weighted by molar-refractivity contribution is 0.0377. The Morgan fingerprint density at radius 2 is 2.30 bits per heavy atom. The van der Waals surface area contributed by atoms with E-state index in [0.29, 0.717) is 6.42 Å². The van der Waals surface area contributed by atoms with E-state index in [0.717, 1.165) is 12.0 Å². The van der Waals surface area contributed by atoms with E-state index in [1.807, 2.05) is 0 Å². The molecule has 10 heavy (non-hydrogen) atoms. The quantitative estimate of drug-likeness (QED) is 0.560. The van der Waals surface area contributed by atoms with Gasteiger partial charge in [0.1, 0.15) is 0 Å². The van der Waals surface area contributed by atoms with Crippen LogP contribution in [0.3, 0.4) is 0 Å². The van der Waals surface area contributed by atoms with Crippen LogP contribution >= 0.6 is 0 Å². The van der Waals surface area contributed by atoms with Crippen LogP contribution in [0.5, 0.6) is 0 Å². The van der Waals surface area contributed by atoms with E-state index in [-0.39, 0.29) is 0 Å². The van der Waals surface area contributed by atoms with Crippen LogP contribution in [0.1, 0.15) is 12.8 Å². The fourth-order valence-corrected chi connectivity index (χ4v) is 1.07. The second-order valence-corrected chi connectivity index (χ2v) is 2.54. The van der Waals surface area contributed by atoms with Gasteiger partial charge in [0.25, 0.3) is 0 Å². The average Bonchev–Trinajstić information content (AvgIpc) is 1.95. The van der Waals surface area contributed by atoms with Crippen LogP contribution < -0.4 is 0 Å². The van der Waals surface area contributed by atoms with Gasteiger partial charge in [0.05, 0.1) is 12.2 Å². The first-order valence-corrected chi connectivity index (χ1v) is 3.43. The molecule has 2 nitrogen and oxygen atoms in total. The van der Waals surface area contributed by atoms with E-state index < -0.39 is 12.2 Å². The Balaban J connectivity index is 2.65. The van der Waals surface area contributed by atoms with E-state index in [9.17, 15) is 0 Å². The minimum Gasteiger partial charge on any atom is -0.390 e. The zero-order valence-corrected chi connectivity index (χ0v) is 5.83. The Labute approximate surface area is 60.5 Å². The van der Waals surface area contributed by atoms with Gasteiger partial charge in [-0.05, 0) is 18.4 Å². The minimum atomic E-state index is -0.693. The molecule has 0 saturated heterocycles. The van der Waals surface area contributed by atoms with E-state index >= 15 is 0 Å². The van der Waals surface area contributed by atoms with Crippen molar-refractivity contribution in [3.63, 3.8) is 0 Å². The highest BCUT2D eigenvalue weighted by molar-refractivity contribution is 5.21. The van der Waals surface area contributed by atoms with Crippen molar-refractivity contribution in [1.82, 2.24) is 0 Å². The SMILES string of the molecule is C=CC1=CC(O)C(O)CC1. The van der Waals surface area contributed by atoms with E-state index in [1.54, 1.807) is 12.2 Å². The molecule has 0 fully saturated rings. The zero-order valence-electron chi connectivity index (χ0n) is 5.83. The Kier molecular flexibility index (Phi) is 2.25. The van der Waals surface area contributed by atoms with Crippen molar-refractivity contribution >= 4 is 0 Å². The Morgan fingerprint density at radius 3 is 2.80 bits per heavy atom. The van der Waals surface area contributed by atoms with Gasteiger partial charge in [-0.15, -0.1) is 0 Å². The molecule has 1 aliphatic carbocycles. The summed E-state index contributed by atoms with van der Waals surface area (Å²) in [5.74, 6) is 0. The minimum absolute atomic E-state index is 0.580. The van der Waals surface area contributed by atoms with Gasteiger partial charge in [-0.3, -0.25) is 0 Å². The Morgan fingerprint density at radius 1 is 1.60 bits per heavy atom. The Bertz CT molecular complexity index is 161. The molecule has 0 spiro atoms. The normalized spacial score (nSPS) is 33.2. The molecule has 0 aromatic heterocycles. The molecule has 0 aromatic carbocycles. The topological polar surface area (TPSA) is 40.5 Å². The molecule has 0 saturated carbocycles. The number of allylic oxidation sites excluding steroid dienone is 2. The number of aliphatic hydroxyl groups excluding tert-OH is 2. The van der Waals surface area contributed by atoms with Crippen molar-refractivity contribution < 1.29 is 10.2 Å². The second kappa shape index (κ2) is 2.99. The third-order valence-electron chi connectivity index (χ3n) is 1.77. The van der Waals surface area contributed by atoms with Crippen LogP contribution in [0, 0.1) is 0 Å². The van der Waals surface area contributed by atoms with Crippen LogP contribution in [-0.2, 0) is 0 Å². The van der Waals surface area contributed by atoms with Gasteiger partial charge >= 0.3 is 0 Å². The monoisotopic (exact) mass is 140 g/mol. The van der Waals surface area contributed by atoms with Gasteiger partial charge in [0, 0.05) is 0 Å². The largest absolute Gasteiger partial charge is 0.390 e.